The molecule has 1 heterocycles. The van der Waals surface area contributed by atoms with Crippen LogP contribution in [0.3, 0.4) is 0 Å². The monoisotopic (exact) mass is 272 g/mol. The van der Waals surface area contributed by atoms with Gasteiger partial charge in [-0.3, -0.25) is 4.79 Å². The van der Waals surface area contributed by atoms with Gasteiger partial charge in [-0.05, 0) is 18.6 Å². The zero-order valence-electron chi connectivity index (χ0n) is 10.4. The molecule has 1 aliphatic rings. The number of amides is 1. The molecule has 2 rings (SSSR count). The van der Waals surface area contributed by atoms with Gasteiger partial charge in [-0.15, -0.1) is 12.4 Å². The highest BCUT2D eigenvalue weighted by Crippen LogP contribution is 2.09. The molecule has 1 unspecified atom stereocenters. The summed E-state index contributed by atoms with van der Waals surface area (Å²) < 4.78 is 13.4. The topological polar surface area (TPSA) is 32.3 Å². The maximum absolute atomic E-state index is 13.4. The summed E-state index contributed by atoms with van der Waals surface area (Å²) in [7, 11) is 0. The average Bonchev–Trinajstić information content (AvgIpc) is 2.32. The van der Waals surface area contributed by atoms with Gasteiger partial charge in [0.2, 0.25) is 5.91 Å². The second-order valence-electron chi connectivity index (χ2n) is 4.46. The number of nitrogens with one attached hydrogen (secondary N) is 1. The molecule has 1 fully saturated rings. The van der Waals surface area contributed by atoms with Crippen molar-refractivity contribution >= 4 is 18.3 Å². The Bertz CT molecular complexity index is 414. The molecular weight excluding hydrogens is 255 g/mol. The van der Waals surface area contributed by atoms with Gasteiger partial charge in [0.05, 0.1) is 6.42 Å². The van der Waals surface area contributed by atoms with Crippen molar-refractivity contribution in [3.05, 3.63) is 35.6 Å². The Labute approximate surface area is 113 Å². The average molecular weight is 273 g/mol. The van der Waals surface area contributed by atoms with E-state index in [4.69, 9.17) is 0 Å². The van der Waals surface area contributed by atoms with E-state index in [-0.39, 0.29) is 30.6 Å². The molecule has 5 heteroatoms. The highest BCUT2D eigenvalue weighted by atomic mass is 35.5. The molecule has 1 aromatic rings. The van der Waals surface area contributed by atoms with E-state index in [1.165, 1.54) is 6.07 Å². The molecule has 0 aliphatic carbocycles. The van der Waals surface area contributed by atoms with E-state index in [2.05, 4.69) is 5.32 Å². The Kier molecular flexibility index (Phi) is 5.56. The predicted octanol–water partition coefficient (Wildman–Crippen LogP) is 1.61. The predicted molar refractivity (Wildman–Crippen MR) is 71.4 cm³/mol. The van der Waals surface area contributed by atoms with Crippen molar-refractivity contribution in [1.29, 1.82) is 0 Å². The summed E-state index contributed by atoms with van der Waals surface area (Å²) in [5, 5.41) is 3.27. The third-order valence-electron chi connectivity index (χ3n) is 3.02. The van der Waals surface area contributed by atoms with Gasteiger partial charge in [-0.1, -0.05) is 18.2 Å². The minimum atomic E-state index is -0.302. The maximum Gasteiger partial charge on any atom is 0.227 e. The molecule has 1 aliphatic heterocycles. The third-order valence-corrected chi connectivity index (χ3v) is 3.02. The lowest BCUT2D eigenvalue weighted by atomic mass is 10.1. The molecule has 1 aromatic carbocycles. The second-order valence-corrected chi connectivity index (χ2v) is 4.46. The highest BCUT2D eigenvalue weighted by Gasteiger charge is 2.21. The summed E-state index contributed by atoms with van der Waals surface area (Å²) in [6, 6.07) is 6.76. The van der Waals surface area contributed by atoms with Crippen molar-refractivity contribution in [1.82, 2.24) is 10.2 Å². The van der Waals surface area contributed by atoms with Crippen molar-refractivity contribution in [2.75, 3.05) is 19.6 Å². The van der Waals surface area contributed by atoms with E-state index >= 15 is 0 Å². The van der Waals surface area contributed by atoms with Crippen molar-refractivity contribution < 1.29 is 9.18 Å². The first kappa shape index (κ1) is 14.9. The number of benzene rings is 1. The van der Waals surface area contributed by atoms with Crippen LogP contribution in [0.1, 0.15) is 12.5 Å². The van der Waals surface area contributed by atoms with Crippen LogP contribution in [0.4, 0.5) is 4.39 Å². The Morgan fingerprint density at radius 2 is 2.22 bits per heavy atom. The third kappa shape index (κ3) is 3.68. The van der Waals surface area contributed by atoms with Crippen LogP contribution in [0.5, 0.6) is 0 Å². The number of hydrogen-bond donors (Lipinski definition) is 1. The van der Waals surface area contributed by atoms with E-state index in [1.807, 2.05) is 6.92 Å². The minimum absolute atomic E-state index is 0. The van der Waals surface area contributed by atoms with Crippen molar-refractivity contribution in [2.24, 2.45) is 0 Å². The number of halogens is 2. The van der Waals surface area contributed by atoms with Gasteiger partial charge in [0.1, 0.15) is 5.82 Å². The Morgan fingerprint density at radius 3 is 2.89 bits per heavy atom. The molecule has 0 aromatic heterocycles. The molecular formula is C13H18ClFN2O. The molecule has 0 spiro atoms. The number of carbonyl (C=O) groups excluding carboxylic acids is 1. The number of rotatable bonds is 2. The lowest BCUT2D eigenvalue weighted by Crippen LogP contribution is -2.51. The quantitative estimate of drug-likeness (QED) is 0.887. The van der Waals surface area contributed by atoms with Gasteiger partial charge < -0.3 is 10.2 Å². The maximum atomic E-state index is 13.4. The number of carbonyl (C=O) groups is 1. The van der Waals surface area contributed by atoms with E-state index in [9.17, 15) is 9.18 Å². The second kappa shape index (κ2) is 6.71. The van der Waals surface area contributed by atoms with Gasteiger partial charge in [-0.2, -0.15) is 0 Å². The van der Waals surface area contributed by atoms with Gasteiger partial charge in [0.25, 0.3) is 0 Å². The summed E-state index contributed by atoms with van der Waals surface area (Å²) in [4.78, 5) is 13.8. The molecule has 0 radical (unpaired) electrons. The molecule has 100 valence electrons. The molecule has 1 amide bonds. The lowest BCUT2D eigenvalue weighted by Gasteiger charge is -2.32. The van der Waals surface area contributed by atoms with E-state index in [0.29, 0.717) is 24.7 Å². The zero-order chi connectivity index (χ0) is 12.3. The molecule has 3 nitrogen and oxygen atoms in total. The van der Waals surface area contributed by atoms with Gasteiger partial charge in [0, 0.05) is 25.7 Å². The highest BCUT2D eigenvalue weighted by molar-refractivity contribution is 5.85. The normalized spacial score (nSPS) is 19.2. The molecule has 1 N–H and O–H groups in total. The summed E-state index contributed by atoms with van der Waals surface area (Å²) in [6.07, 6.45) is 0.152. The molecule has 18 heavy (non-hydrogen) atoms. The van der Waals surface area contributed by atoms with Gasteiger partial charge >= 0.3 is 0 Å². The van der Waals surface area contributed by atoms with Crippen LogP contribution < -0.4 is 5.32 Å². The van der Waals surface area contributed by atoms with Crippen LogP contribution in [-0.2, 0) is 11.2 Å². The molecule has 0 saturated carbocycles. The number of piperazine rings is 1. The van der Waals surface area contributed by atoms with Gasteiger partial charge in [-0.25, -0.2) is 4.39 Å². The van der Waals surface area contributed by atoms with Gasteiger partial charge in [0.15, 0.2) is 0 Å². The minimum Gasteiger partial charge on any atom is -0.340 e. The van der Waals surface area contributed by atoms with Crippen molar-refractivity contribution in [2.45, 2.75) is 19.4 Å². The van der Waals surface area contributed by atoms with Crippen LogP contribution in [-0.4, -0.2) is 36.5 Å². The molecule has 0 bridgehead atoms. The fraction of sp³-hybridized carbons (Fsp3) is 0.462. The summed E-state index contributed by atoms with van der Waals surface area (Å²) in [5.41, 5.74) is 0.476. The van der Waals surface area contributed by atoms with E-state index in [1.54, 1.807) is 23.1 Å². The summed E-state index contributed by atoms with van der Waals surface area (Å²) in [6.45, 7) is 4.26. The van der Waals surface area contributed by atoms with Crippen LogP contribution >= 0.6 is 12.4 Å². The van der Waals surface area contributed by atoms with Crippen LogP contribution in [0.2, 0.25) is 0 Å². The fourth-order valence-corrected chi connectivity index (χ4v) is 2.08. The molecule has 1 atom stereocenters. The lowest BCUT2D eigenvalue weighted by molar-refractivity contribution is -0.131. The Morgan fingerprint density at radius 1 is 1.50 bits per heavy atom. The smallest absolute Gasteiger partial charge is 0.227 e. The van der Waals surface area contributed by atoms with Crippen molar-refractivity contribution in [3.8, 4) is 0 Å². The Balaban J connectivity index is 0.00000162. The standard InChI is InChI=1S/C13H17FN2O.ClH/c1-10-9-16(7-6-15-10)13(17)8-11-4-2-3-5-12(11)14;/h2-5,10,15H,6-9H2,1H3;1H. The first-order chi connectivity index (χ1) is 8.16. The number of nitrogens with zero attached hydrogens (tertiary/aromatic N) is 1. The largest absolute Gasteiger partial charge is 0.340 e. The van der Waals surface area contributed by atoms with Crippen LogP contribution in [0, 0.1) is 5.82 Å². The Hall–Kier alpha value is -1.13. The fourth-order valence-electron chi connectivity index (χ4n) is 2.08. The first-order valence-electron chi connectivity index (χ1n) is 5.91. The summed E-state index contributed by atoms with van der Waals surface area (Å²) >= 11 is 0. The van der Waals surface area contributed by atoms with Crippen molar-refractivity contribution in [3.63, 3.8) is 0 Å². The molecule has 1 saturated heterocycles. The zero-order valence-corrected chi connectivity index (χ0v) is 11.2. The number of hydrogen-bond acceptors (Lipinski definition) is 2. The van der Waals surface area contributed by atoms with E-state index in [0.717, 1.165) is 6.54 Å². The summed E-state index contributed by atoms with van der Waals surface area (Å²) in [5.74, 6) is -0.299. The SMILES string of the molecule is CC1CN(C(=O)Cc2ccccc2F)CCN1.Cl. The van der Waals surface area contributed by atoms with E-state index < -0.39 is 0 Å². The first-order valence-corrected chi connectivity index (χ1v) is 5.91. The van der Waals surface area contributed by atoms with Crippen LogP contribution in [0.15, 0.2) is 24.3 Å². The van der Waals surface area contributed by atoms with Crippen LogP contribution in [0.25, 0.3) is 0 Å².